The number of carbonyl (C=O) groups excluding carboxylic acids is 1. The van der Waals surface area contributed by atoms with Crippen molar-refractivity contribution in [2.45, 2.75) is 0 Å². The summed E-state index contributed by atoms with van der Waals surface area (Å²) in [6.07, 6.45) is 3.02. The quantitative estimate of drug-likeness (QED) is 0.312. The molecule has 9 nitrogen and oxygen atoms in total. The van der Waals surface area contributed by atoms with Crippen LogP contribution in [0.2, 0.25) is 5.02 Å². The number of thioether (sulfide) groups is 1. The van der Waals surface area contributed by atoms with Crippen molar-refractivity contribution in [3.8, 4) is 11.5 Å². The number of hydrogen-bond donors (Lipinski definition) is 1. The number of halogens is 1. The van der Waals surface area contributed by atoms with E-state index in [9.17, 15) is 14.9 Å². The normalized spacial score (nSPS) is 16.3. The molecule has 1 fully saturated rings. The molecule has 11 heteroatoms. The van der Waals surface area contributed by atoms with Crippen LogP contribution in [0.4, 0.5) is 5.69 Å². The summed E-state index contributed by atoms with van der Waals surface area (Å²) in [5, 5.41) is 21.7. The Morgan fingerprint density at radius 2 is 1.87 bits per heavy atom. The van der Waals surface area contributed by atoms with E-state index < -0.39 is 4.92 Å². The lowest BCUT2D eigenvalue weighted by molar-refractivity contribution is -0.384. The van der Waals surface area contributed by atoms with E-state index in [0.717, 1.165) is 17.3 Å². The van der Waals surface area contributed by atoms with Gasteiger partial charge in [-0.15, -0.1) is 5.10 Å². The number of nitro groups is 1. The highest BCUT2D eigenvalue weighted by Gasteiger charge is 2.24. The maximum absolute atomic E-state index is 12.2. The fourth-order valence-corrected chi connectivity index (χ4v) is 3.43. The molecule has 2 aromatic rings. The van der Waals surface area contributed by atoms with Crippen molar-refractivity contribution in [2.75, 3.05) is 14.2 Å². The summed E-state index contributed by atoms with van der Waals surface area (Å²) < 4.78 is 10.5. The van der Waals surface area contributed by atoms with Crippen molar-refractivity contribution in [3.63, 3.8) is 0 Å². The first-order valence-electron chi connectivity index (χ1n) is 8.39. The van der Waals surface area contributed by atoms with E-state index >= 15 is 0 Å². The number of ether oxygens (including phenoxy) is 2. The number of amides is 1. The zero-order valence-electron chi connectivity index (χ0n) is 15.8. The third kappa shape index (κ3) is 4.97. The van der Waals surface area contributed by atoms with Crippen LogP contribution in [-0.2, 0) is 4.79 Å². The second-order valence-electron chi connectivity index (χ2n) is 5.80. The fourth-order valence-electron chi connectivity index (χ4n) is 2.47. The average Bonchev–Trinajstić information content (AvgIpc) is 3.07. The molecule has 0 atom stereocenters. The Kier molecular flexibility index (Phi) is 6.70. The Balaban J connectivity index is 1.75. The highest BCUT2D eigenvalue weighted by Crippen LogP contribution is 2.31. The lowest BCUT2D eigenvalue weighted by Crippen LogP contribution is -2.19. The van der Waals surface area contributed by atoms with Gasteiger partial charge in [-0.3, -0.25) is 20.2 Å². The minimum absolute atomic E-state index is 0.0343. The summed E-state index contributed by atoms with van der Waals surface area (Å²) in [7, 11) is 3.08. The molecule has 0 aromatic heterocycles. The molecule has 0 spiro atoms. The maximum Gasteiger partial charge on any atom is 0.288 e. The Hall–Kier alpha value is -3.37. The molecular weight excluding hydrogens is 432 g/mol. The lowest BCUT2D eigenvalue weighted by atomic mass is 10.2. The zero-order chi connectivity index (χ0) is 21.7. The van der Waals surface area contributed by atoms with Crippen LogP contribution in [0.1, 0.15) is 11.1 Å². The monoisotopic (exact) mass is 446 g/mol. The average molecular weight is 447 g/mol. The third-order valence-electron chi connectivity index (χ3n) is 3.88. The van der Waals surface area contributed by atoms with Gasteiger partial charge < -0.3 is 9.47 Å². The van der Waals surface area contributed by atoms with Gasteiger partial charge in [0.05, 0.1) is 30.3 Å². The Morgan fingerprint density at radius 3 is 2.57 bits per heavy atom. The highest BCUT2D eigenvalue weighted by atomic mass is 35.5. The predicted octanol–water partition coefficient (Wildman–Crippen LogP) is 3.86. The van der Waals surface area contributed by atoms with Gasteiger partial charge in [0.25, 0.3) is 11.6 Å². The number of nitro benzene ring substituents is 1. The second kappa shape index (κ2) is 9.42. The van der Waals surface area contributed by atoms with Crippen molar-refractivity contribution in [1.29, 1.82) is 0 Å². The van der Waals surface area contributed by atoms with Gasteiger partial charge in [0.15, 0.2) is 16.7 Å². The molecule has 0 radical (unpaired) electrons. The van der Waals surface area contributed by atoms with E-state index in [4.69, 9.17) is 21.1 Å². The number of methoxy groups -OCH3 is 2. The smallest absolute Gasteiger partial charge is 0.288 e. The first-order valence-corrected chi connectivity index (χ1v) is 9.58. The summed E-state index contributed by atoms with van der Waals surface area (Å²) in [6.45, 7) is 0. The van der Waals surface area contributed by atoms with Gasteiger partial charge >= 0.3 is 0 Å². The van der Waals surface area contributed by atoms with Crippen LogP contribution in [-0.4, -0.2) is 36.4 Å². The lowest BCUT2D eigenvalue weighted by Gasteiger charge is -2.07. The van der Waals surface area contributed by atoms with Crippen LogP contribution in [0.3, 0.4) is 0 Å². The van der Waals surface area contributed by atoms with Crippen molar-refractivity contribution in [3.05, 3.63) is 67.6 Å². The van der Waals surface area contributed by atoms with E-state index in [2.05, 4.69) is 15.5 Å². The minimum Gasteiger partial charge on any atom is -0.493 e. The largest absolute Gasteiger partial charge is 0.493 e. The highest BCUT2D eigenvalue weighted by molar-refractivity contribution is 8.18. The van der Waals surface area contributed by atoms with Gasteiger partial charge in [0.2, 0.25) is 0 Å². The molecule has 1 N–H and O–H groups in total. The molecule has 0 bridgehead atoms. The van der Waals surface area contributed by atoms with E-state index in [1.54, 1.807) is 37.5 Å². The van der Waals surface area contributed by atoms with Crippen molar-refractivity contribution in [2.24, 2.45) is 10.2 Å². The van der Waals surface area contributed by atoms with Gasteiger partial charge in [0.1, 0.15) is 5.02 Å². The van der Waals surface area contributed by atoms with E-state index in [0.29, 0.717) is 22.0 Å². The summed E-state index contributed by atoms with van der Waals surface area (Å²) in [5.74, 6) is 0.818. The van der Waals surface area contributed by atoms with Crippen LogP contribution in [0.5, 0.6) is 11.5 Å². The minimum atomic E-state index is -0.580. The standard InChI is InChI=1S/C19H15ClN4O5S/c1-28-15-6-4-11(8-16(15)29-2)9-17-18(25)22-19(30-17)23-21-10-12-3-5-13(20)14(7-12)24(26)27/h3-10H,1-2H3,(H,22,23,25)/b17-9+,21-10-. The molecule has 1 saturated heterocycles. The van der Waals surface area contributed by atoms with E-state index in [1.807, 2.05) is 0 Å². The summed E-state index contributed by atoms with van der Waals surface area (Å²) in [4.78, 5) is 23.0. The first kappa shape index (κ1) is 21.3. The first-order chi connectivity index (χ1) is 14.4. The molecule has 0 unspecified atom stereocenters. The molecule has 3 rings (SSSR count). The Bertz CT molecular complexity index is 1100. The number of nitrogens with one attached hydrogen (secondary N) is 1. The second-order valence-corrected chi connectivity index (χ2v) is 7.23. The molecule has 0 saturated carbocycles. The molecule has 0 aliphatic carbocycles. The van der Waals surface area contributed by atoms with Crippen molar-refractivity contribution < 1.29 is 19.2 Å². The van der Waals surface area contributed by atoms with Crippen LogP contribution < -0.4 is 14.8 Å². The molecule has 30 heavy (non-hydrogen) atoms. The predicted molar refractivity (Wildman–Crippen MR) is 116 cm³/mol. The Morgan fingerprint density at radius 1 is 1.13 bits per heavy atom. The number of carbonyl (C=O) groups is 1. The number of nitrogens with zero attached hydrogens (tertiary/aromatic N) is 3. The Labute approximate surface area is 180 Å². The molecule has 1 aliphatic rings. The molecular formula is C19H15ClN4O5S. The summed E-state index contributed by atoms with van der Waals surface area (Å²) in [5.41, 5.74) is 0.978. The fraction of sp³-hybridized carbons (Fsp3) is 0.105. The zero-order valence-corrected chi connectivity index (χ0v) is 17.4. The van der Waals surface area contributed by atoms with Crippen molar-refractivity contribution in [1.82, 2.24) is 5.32 Å². The SMILES string of the molecule is COc1ccc(/C=C2/S/C(=N\N=C/c3ccc(Cl)c([N+](=O)[O-])c3)NC2=O)cc1OC. The summed E-state index contributed by atoms with van der Waals surface area (Å²) >= 11 is 6.90. The van der Waals surface area contributed by atoms with Crippen molar-refractivity contribution >= 4 is 52.4 Å². The molecule has 2 aromatic carbocycles. The molecule has 1 heterocycles. The number of hydrogen-bond acceptors (Lipinski definition) is 8. The van der Waals surface area contributed by atoms with Crippen LogP contribution in [0, 0.1) is 10.1 Å². The summed E-state index contributed by atoms with van der Waals surface area (Å²) in [6, 6.07) is 9.55. The molecule has 1 aliphatic heterocycles. The number of benzene rings is 2. The number of amidine groups is 1. The third-order valence-corrected chi connectivity index (χ3v) is 5.10. The maximum atomic E-state index is 12.2. The topological polar surface area (TPSA) is 115 Å². The van der Waals surface area contributed by atoms with Gasteiger partial charge in [-0.05, 0) is 41.6 Å². The van der Waals surface area contributed by atoms with Gasteiger partial charge in [0, 0.05) is 11.6 Å². The van der Waals surface area contributed by atoms with E-state index in [-0.39, 0.29) is 21.8 Å². The van der Waals surface area contributed by atoms with Crippen LogP contribution >= 0.6 is 23.4 Å². The van der Waals surface area contributed by atoms with Crippen LogP contribution in [0.25, 0.3) is 6.08 Å². The van der Waals surface area contributed by atoms with Gasteiger partial charge in [-0.2, -0.15) is 5.10 Å². The van der Waals surface area contributed by atoms with Gasteiger partial charge in [-0.1, -0.05) is 23.7 Å². The molecule has 154 valence electrons. The van der Waals surface area contributed by atoms with E-state index in [1.165, 1.54) is 25.5 Å². The molecule has 1 amide bonds. The van der Waals surface area contributed by atoms with Gasteiger partial charge in [-0.25, -0.2) is 0 Å². The van der Waals surface area contributed by atoms with Crippen LogP contribution in [0.15, 0.2) is 51.5 Å². The number of rotatable bonds is 6.